The van der Waals surface area contributed by atoms with E-state index in [9.17, 15) is 5.11 Å². The fraction of sp³-hybridized carbons (Fsp3) is 0.121. The summed E-state index contributed by atoms with van der Waals surface area (Å²) in [5.41, 5.74) is 11.1. The standard InChI is InChI=1S/C33H26Cl2N2OSe/c1-20-8-10-21(11-9-20)33-22(18-37(36-33)25-6-4-3-5-7-25)14-27-28-15-23(34)12-13-26(28)32-29(27)16-24(35)17-30(32)31(38)19-39-2/h3-18,31,38H,19H2,1-2H3. The van der Waals surface area contributed by atoms with E-state index < -0.39 is 6.10 Å². The number of aliphatic hydroxyl groups excluding tert-OH is 1. The Bertz CT molecular complexity index is 1710. The number of nitrogens with zero attached hydrogens (tertiary/aromatic N) is 2. The summed E-state index contributed by atoms with van der Waals surface area (Å²) in [5.74, 6) is 2.14. The van der Waals surface area contributed by atoms with Gasteiger partial charge in [0, 0.05) is 0 Å². The van der Waals surface area contributed by atoms with Crippen molar-refractivity contribution >= 4 is 49.8 Å². The van der Waals surface area contributed by atoms with Gasteiger partial charge in [-0.25, -0.2) is 0 Å². The van der Waals surface area contributed by atoms with E-state index in [1.807, 2.05) is 65.3 Å². The predicted molar refractivity (Wildman–Crippen MR) is 164 cm³/mol. The Balaban J connectivity index is 1.61. The van der Waals surface area contributed by atoms with Crippen LogP contribution in [0, 0.1) is 6.92 Å². The van der Waals surface area contributed by atoms with Gasteiger partial charge in [0.25, 0.3) is 0 Å². The molecule has 5 aromatic rings. The summed E-state index contributed by atoms with van der Waals surface area (Å²) in [6.07, 6.45) is 3.67. The number of aryl methyl sites for hydroxylation is 1. The van der Waals surface area contributed by atoms with Crippen LogP contribution in [0.15, 0.2) is 91.1 Å². The van der Waals surface area contributed by atoms with Crippen LogP contribution in [0.1, 0.15) is 33.9 Å². The third kappa shape index (κ3) is 5.00. The average molecular weight is 616 g/mol. The van der Waals surface area contributed by atoms with Crippen LogP contribution in [0.5, 0.6) is 0 Å². The molecule has 0 bridgehead atoms. The Labute approximate surface area is 244 Å². The number of aliphatic hydroxyl groups is 1. The number of aromatic nitrogens is 2. The molecule has 1 aromatic heterocycles. The SMILES string of the molecule is C[Se]CC(O)c1cc(Cl)cc2c1-c1ccc(Cl)cc1C2=Cc1cn(-c2ccccc2)nc1-c1ccc(C)cc1. The van der Waals surface area contributed by atoms with Crippen molar-refractivity contribution in [3.63, 3.8) is 0 Å². The van der Waals surface area contributed by atoms with Crippen molar-refractivity contribution in [2.45, 2.75) is 24.2 Å². The zero-order chi connectivity index (χ0) is 27.1. The first-order valence-electron chi connectivity index (χ1n) is 12.7. The first-order chi connectivity index (χ1) is 18.9. The van der Waals surface area contributed by atoms with Crippen LogP contribution in [0.4, 0.5) is 0 Å². The summed E-state index contributed by atoms with van der Waals surface area (Å²) in [7, 11) is 0. The van der Waals surface area contributed by atoms with Crippen LogP contribution < -0.4 is 0 Å². The van der Waals surface area contributed by atoms with Gasteiger partial charge in [-0.2, -0.15) is 0 Å². The molecule has 39 heavy (non-hydrogen) atoms. The molecule has 0 amide bonds. The molecule has 1 N–H and O–H groups in total. The Morgan fingerprint density at radius 1 is 0.897 bits per heavy atom. The monoisotopic (exact) mass is 616 g/mol. The Morgan fingerprint density at radius 3 is 2.38 bits per heavy atom. The van der Waals surface area contributed by atoms with Gasteiger partial charge in [0.2, 0.25) is 0 Å². The van der Waals surface area contributed by atoms with E-state index >= 15 is 0 Å². The Kier molecular flexibility index (Phi) is 7.24. The van der Waals surface area contributed by atoms with Gasteiger partial charge in [-0.05, 0) is 6.92 Å². The molecule has 1 unspecified atom stereocenters. The zero-order valence-corrected chi connectivity index (χ0v) is 24.8. The van der Waals surface area contributed by atoms with Gasteiger partial charge in [-0.3, -0.25) is 0 Å². The normalized spacial score (nSPS) is 13.9. The third-order valence-corrected chi connectivity index (χ3v) is 8.85. The van der Waals surface area contributed by atoms with Crippen LogP contribution in [-0.2, 0) is 0 Å². The molecule has 0 spiro atoms. The Morgan fingerprint density at radius 2 is 1.64 bits per heavy atom. The molecule has 1 atom stereocenters. The quantitative estimate of drug-likeness (QED) is 0.190. The van der Waals surface area contributed by atoms with Gasteiger partial charge in [0.05, 0.1) is 0 Å². The van der Waals surface area contributed by atoms with Crippen molar-refractivity contribution in [1.29, 1.82) is 0 Å². The first kappa shape index (κ1) is 26.1. The van der Waals surface area contributed by atoms with Crippen molar-refractivity contribution in [2.75, 3.05) is 0 Å². The van der Waals surface area contributed by atoms with Gasteiger partial charge in [0.1, 0.15) is 0 Å². The number of hydrogen-bond donors (Lipinski definition) is 1. The number of rotatable bonds is 6. The molecule has 0 radical (unpaired) electrons. The number of benzene rings is 4. The molecule has 4 aromatic carbocycles. The second-order valence-corrected chi connectivity index (χ2v) is 12.5. The first-order valence-corrected chi connectivity index (χ1v) is 16.4. The maximum atomic E-state index is 11.1. The Hall–Kier alpha value is -3.11. The van der Waals surface area contributed by atoms with Gasteiger partial charge < -0.3 is 0 Å². The number of hydrogen-bond acceptors (Lipinski definition) is 2. The molecule has 0 aliphatic heterocycles. The van der Waals surface area contributed by atoms with Crippen molar-refractivity contribution in [3.8, 4) is 28.1 Å². The van der Waals surface area contributed by atoms with E-state index in [-0.39, 0.29) is 0 Å². The minimum absolute atomic E-state index is 0.323. The van der Waals surface area contributed by atoms with E-state index in [0.717, 1.165) is 61.2 Å². The van der Waals surface area contributed by atoms with Gasteiger partial charge in [0.15, 0.2) is 0 Å². The van der Waals surface area contributed by atoms with Crippen LogP contribution in [0.25, 0.3) is 39.7 Å². The molecule has 1 heterocycles. The molecule has 0 fully saturated rings. The predicted octanol–water partition coefficient (Wildman–Crippen LogP) is 8.93. The van der Waals surface area contributed by atoms with Gasteiger partial charge in [-0.1, -0.05) is 23.8 Å². The van der Waals surface area contributed by atoms with E-state index in [2.05, 4.69) is 49.3 Å². The van der Waals surface area contributed by atoms with E-state index in [0.29, 0.717) is 25.0 Å². The maximum absolute atomic E-state index is 11.1. The van der Waals surface area contributed by atoms with E-state index in [4.69, 9.17) is 28.3 Å². The zero-order valence-electron chi connectivity index (χ0n) is 21.5. The second-order valence-electron chi connectivity index (χ2n) is 9.72. The minimum atomic E-state index is -0.575. The molecule has 194 valence electrons. The van der Waals surface area contributed by atoms with Gasteiger partial charge >= 0.3 is 215 Å². The number of para-hydroxylation sites is 1. The average Bonchev–Trinajstić information content (AvgIpc) is 3.49. The van der Waals surface area contributed by atoms with Gasteiger partial charge in [-0.15, -0.1) is 0 Å². The summed E-state index contributed by atoms with van der Waals surface area (Å²) in [4.78, 5) is 0. The van der Waals surface area contributed by atoms with Crippen LogP contribution in [-0.4, -0.2) is 29.8 Å². The summed E-state index contributed by atoms with van der Waals surface area (Å²) >= 11 is 13.5. The number of halogens is 2. The fourth-order valence-corrected chi connectivity index (χ4v) is 6.64. The fourth-order valence-electron chi connectivity index (χ4n) is 5.21. The van der Waals surface area contributed by atoms with Crippen LogP contribution in [0.2, 0.25) is 21.2 Å². The summed E-state index contributed by atoms with van der Waals surface area (Å²) < 4.78 is 1.92. The van der Waals surface area contributed by atoms with Crippen molar-refractivity contribution in [3.05, 3.63) is 129 Å². The van der Waals surface area contributed by atoms with E-state index in [1.54, 1.807) is 0 Å². The van der Waals surface area contributed by atoms with Crippen molar-refractivity contribution < 1.29 is 5.11 Å². The molecular weight excluding hydrogens is 590 g/mol. The van der Waals surface area contributed by atoms with Crippen LogP contribution in [0.3, 0.4) is 0 Å². The van der Waals surface area contributed by atoms with Crippen molar-refractivity contribution in [1.82, 2.24) is 9.78 Å². The third-order valence-electron chi connectivity index (χ3n) is 7.04. The molecule has 1 aliphatic carbocycles. The molecule has 3 nitrogen and oxygen atoms in total. The second kappa shape index (κ2) is 10.8. The van der Waals surface area contributed by atoms with Crippen LogP contribution >= 0.6 is 23.2 Å². The molecule has 6 heteroatoms. The van der Waals surface area contributed by atoms with Crippen molar-refractivity contribution in [2.24, 2.45) is 0 Å². The van der Waals surface area contributed by atoms with E-state index in [1.165, 1.54) is 5.56 Å². The summed E-state index contributed by atoms with van der Waals surface area (Å²) in [6, 6.07) is 28.4. The molecule has 0 saturated heterocycles. The summed E-state index contributed by atoms with van der Waals surface area (Å²) in [6.45, 7) is 2.08. The summed E-state index contributed by atoms with van der Waals surface area (Å²) in [5, 5.41) is 18.1. The topological polar surface area (TPSA) is 38.0 Å². The molecule has 6 rings (SSSR count). The molecular formula is C33H26Cl2N2OSe. The molecule has 0 saturated carbocycles. The molecule has 1 aliphatic rings. The number of fused-ring (bicyclic) bond motifs is 3.